The van der Waals surface area contributed by atoms with Gasteiger partial charge in [-0.15, -0.1) is 0 Å². The van der Waals surface area contributed by atoms with E-state index in [4.69, 9.17) is 33.0 Å². The van der Waals surface area contributed by atoms with Gasteiger partial charge in [-0.25, -0.2) is 14.4 Å². The Balaban J connectivity index is 1.13. The first-order chi connectivity index (χ1) is 24.3. The highest BCUT2D eigenvalue weighted by Crippen LogP contribution is 2.68. The molecule has 6 aliphatic rings. The molecule has 0 N–H and O–H groups in total. The maximum absolute atomic E-state index is 14.0. The highest BCUT2D eigenvalue weighted by Gasteiger charge is 2.70. The summed E-state index contributed by atoms with van der Waals surface area (Å²) in [6.45, 7) is 18.1. The minimum atomic E-state index is -0.946. The van der Waals surface area contributed by atoms with Crippen LogP contribution in [0.15, 0.2) is 42.5 Å². The summed E-state index contributed by atoms with van der Waals surface area (Å²) < 4.78 is 42.6. The zero-order chi connectivity index (χ0) is 37.4. The van der Waals surface area contributed by atoms with Crippen LogP contribution >= 0.6 is 0 Å². The predicted molar refractivity (Wildman–Crippen MR) is 192 cm³/mol. The smallest absolute Gasteiger partial charge is 0.486 e. The first kappa shape index (κ1) is 36.6. The van der Waals surface area contributed by atoms with Crippen LogP contribution in [0.3, 0.4) is 0 Å². The molecule has 4 aliphatic carbocycles. The van der Waals surface area contributed by atoms with E-state index in [0.717, 1.165) is 24.8 Å². The van der Waals surface area contributed by atoms with Crippen molar-refractivity contribution in [2.24, 2.45) is 17.3 Å². The van der Waals surface area contributed by atoms with Gasteiger partial charge >= 0.3 is 25.3 Å². The number of hydrogen-bond donors (Lipinski definition) is 0. The minimum Gasteiger partial charge on any atom is -0.486 e. The molecule has 0 spiro atoms. The van der Waals surface area contributed by atoms with Crippen LogP contribution < -0.4 is 9.47 Å². The molecule has 1 amide bonds. The van der Waals surface area contributed by atoms with E-state index >= 15 is 0 Å². The Bertz CT molecular complexity index is 1710. The van der Waals surface area contributed by atoms with Crippen LogP contribution in [-0.2, 0) is 30.1 Å². The van der Waals surface area contributed by atoms with Crippen molar-refractivity contribution in [3.63, 3.8) is 0 Å². The summed E-state index contributed by atoms with van der Waals surface area (Å²) in [6, 6.07) is 13.0. The Morgan fingerprint density at radius 1 is 0.904 bits per heavy atom. The van der Waals surface area contributed by atoms with Crippen molar-refractivity contribution >= 4 is 25.3 Å². The second-order valence-corrected chi connectivity index (χ2v) is 18.0. The van der Waals surface area contributed by atoms with E-state index in [0.29, 0.717) is 17.4 Å². The number of hydrogen-bond acceptors (Lipinski definition) is 10. The molecule has 2 aromatic rings. The van der Waals surface area contributed by atoms with Gasteiger partial charge < -0.3 is 37.9 Å². The molecule has 280 valence electrons. The second kappa shape index (κ2) is 13.0. The molecule has 6 fully saturated rings. The lowest BCUT2D eigenvalue weighted by atomic mass is 9.43. The van der Waals surface area contributed by atoms with Crippen LogP contribution in [0.5, 0.6) is 11.5 Å². The maximum atomic E-state index is 14.0. The van der Waals surface area contributed by atoms with E-state index in [9.17, 15) is 14.4 Å². The molecule has 0 aromatic heterocycles. The molecule has 2 unspecified atom stereocenters. The summed E-state index contributed by atoms with van der Waals surface area (Å²) in [7, 11) is -0.409. The van der Waals surface area contributed by atoms with Crippen molar-refractivity contribution in [2.75, 3.05) is 13.1 Å². The van der Waals surface area contributed by atoms with Gasteiger partial charge in [-0.3, -0.25) is 0 Å². The largest absolute Gasteiger partial charge is 0.514 e. The van der Waals surface area contributed by atoms with Crippen LogP contribution in [0.25, 0.3) is 0 Å². The number of rotatable bonds is 8. The number of nitrogens with zero attached hydrogens (tertiary/aromatic N) is 1. The number of ether oxygens (including phenoxy) is 5. The van der Waals surface area contributed by atoms with Gasteiger partial charge in [0.1, 0.15) is 35.2 Å². The topological polar surface area (TPSA) is 119 Å². The maximum Gasteiger partial charge on any atom is 0.514 e. The van der Waals surface area contributed by atoms with E-state index < -0.39 is 42.6 Å². The molecular weight excluding hydrogens is 665 g/mol. The number of likely N-dealkylation sites (tertiary alicyclic amines) is 1. The predicted octanol–water partition coefficient (Wildman–Crippen LogP) is 7.94. The SMILES string of the molecule is CC(C)(C)OC(=O)Oc1c(C2CC2B2O[C@@H]3C[C@@H]4C[C@@H](C4(C)C)[C@]3(C)O2)ccc(OC2CN(C(=O)OCc3ccccc3)C2)c1C(=O)OC(C)(C)C. The molecular formula is C40H52BNO10. The average Bonchev–Trinajstić information content (AvgIpc) is 3.73. The molecule has 2 aliphatic heterocycles. The van der Waals surface area contributed by atoms with Gasteiger partial charge in [0.25, 0.3) is 0 Å². The van der Waals surface area contributed by atoms with Gasteiger partial charge in [-0.05, 0) is 108 Å². The van der Waals surface area contributed by atoms with Crippen molar-refractivity contribution in [3.05, 3.63) is 59.2 Å². The van der Waals surface area contributed by atoms with Crippen LogP contribution in [0, 0.1) is 17.3 Å². The Morgan fingerprint density at radius 3 is 2.25 bits per heavy atom. The highest BCUT2D eigenvalue weighted by molar-refractivity contribution is 6.49. The third-order valence-corrected chi connectivity index (χ3v) is 11.5. The number of amides is 1. The molecule has 2 saturated heterocycles. The van der Waals surface area contributed by atoms with Crippen molar-refractivity contribution in [1.29, 1.82) is 0 Å². The van der Waals surface area contributed by atoms with Crippen molar-refractivity contribution in [1.82, 2.24) is 4.90 Å². The fourth-order valence-corrected chi connectivity index (χ4v) is 8.56. The number of carbonyl (C=O) groups is 3. The highest BCUT2D eigenvalue weighted by atomic mass is 16.7. The van der Waals surface area contributed by atoms with Gasteiger partial charge in [0, 0.05) is 5.82 Å². The van der Waals surface area contributed by atoms with E-state index in [-0.39, 0.29) is 65.6 Å². The normalized spacial score (nSPS) is 28.9. The zero-order valence-electron chi connectivity index (χ0n) is 31.9. The van der Waals surface area contributed by atoms with Crippen LogP contribution in [0.4, 0.5) is 9.59 Å². The fraction of sp³-hybridized carbons (Fsp3) is 0.625. The molecule has 8 rings (SSSR count). The minimum absolute atomic E-state index is 0.00377. The molecule has 2 bridgehead atoms. The van der Waals surface area contributed by atoms with E-state index in [1.165, 1.54) is 4.90 Å². The third kappa shape index (κ3) is 7.12. The summed E-state index contributed by atoms with van der Waals surface area (Å²) in [4.78, 5) is 41.6. The Morgan fingerprint density at radius 2 is 1.60 bits per heavy atom. The van der Waals surface area contributed by atoms with Crippen molar-refractivity contribution in [2.45, 2.75) is 129 Å². The van der Waals surface area contributed by atoms with E-state index in [1.54, 1.807) is 47.6 Å². The third-order valence-electron chi connectivity index (χ3n) is 11.5. The first-order valence-electron chi connectivity index (χ1n) is 18.6. The van der Waals surface area contributed by atoms with Gasteiger partial charge in [0.15, 0.2) is 5.75 Å². The Kier molecular flexibility index (Phi) is 9.13. The van der Waals surface area contributed by atoms with Crippen LogP contribution in [0.1, 0.15) is 109 Å². The van der Waals surface area contributed by atoms with E-state index in [1.807, 2.05) is 36.4 Å². The lowest BCUT2D eigenvalue weighted by Gasteiger charge is -2.64. The summed E-state index contributed by atoms with van der Waals surface area (Å²) in [5.41, 5.74) is -0.283. The van der Waals surface area contributed by atoms with Gasteiger partial charge in [-0.2, -0.15) is 0 Å². The molecule has 11 nitrogen and oxygen atoms in total. The average molecular weight is 718 g/mol. The quantitative estimate of drug-likeness (QED) is 0.115. The second-order valence-electron chi connectivity index (χ2n) is 18.0. The molecule has 0 radical (unpaired) electrons. The Labute approximate surface area is 307 Å². The summed E-state index contributed by atoms with van der Waals surface area (Å²) in [6.07, 6.45) is 1.08. The standard InChI is InChI=1S/C40H52BNO10/c1-37(2,3)49-34(43)32-29(47-25-20-42(21-25)35(44)46-22-23-13-11-10-12-14-23)16-15-26(33(32)48-36(45)50-38(4,5)6)27-19-28(27)41-51-31-18-24-17-30(39(24,7)8)40(31,9)52-41/h10-16,24-25,27-28,30-31H,17-22H2,1-9H3/t24-,27?,28?,30-,31+,40-/m0/s1. The molecule has 52 heavy (non-hydrogen) atoms. The number of carbonyl (C=O) groups excluding carboxylic acids is 3. The number of esters is 1. The molecule has 4 saturated carbocycles. The van der Waals surface area contributed by atoms with Gasteiger partial charge in [0.05, 0.1) is 24.8 Å². The van der Waals surface area contributed by atoms with Crippen molar-refractivity contribution in [3.8, 4) is 11.5 Å². The van der Waals surface area contributed by atoms with Gasteiger partial charge in [-0.1, -0.05) is 50.2 Å². The van der Waals surface area contributed by atoms with Crippen molar-refractivity contribution < 1.29 is 47.4 Å². The lowest BCUT2D eigenvalue weighted by molar-refractivity contribution is -0.199. The lowest BCUT2D eigenvalue weighted by Crippen LogP contribution is -2.65. The summed E-state index contributed by atoms with van der Waals surface area (Å²) in [5, 5.41) is 0. The van der Waals surface area contributed by atoms with Gasteiger partial charge in [0.2, 0.25) is 0 Å². The van der Waals surface area contributed by atoms with Crippen LogP contribution in [-0.4, -0.2) is 72.3 Å². The Hall–Kier alpha value is -3.77. The monoisotopic (exact) mass is 717 g/mol. The van der Waals surface area contributed by atoms with E-state index in [2.05, 4.69) is 20.8 Å². The molecule has 6 atom stereocenters. The number of benzene rings is 2. The fourth-order valence-electron chi connectivity index (χ4n) is 8.56. The zero-order valence-corrected chi connectivity index (χ0v) is 31.9. The summed E-state index contributed by atoms with van der Waals surface area (Å²) in [5.74, 6) is 0.482. The first-order valence-corrected chi connectivity index (χ1v) is 18.6. The molecule has 12 heteroatoms. The van der Waals surface area contributed by atoms with Crippen LogP contribution in [0.2, 0.25) is 5.82 Å². The molecule has 2 heterocycles. The molecule has 2 aromatic carbocycles. The summed E-state index contributed by atoms with van der Waals surface area (Å²) >= 11 is 0.